The summed E-state index contributed by atoms with van der Waals surface area (Å²) in [5.74, 6) is 0. The fraction of sp³-hybridized carbons (Fsp3) is 0.684. The molecule has 0 spiro atoms. The van der Waals surface area contributed by atoms with Crippen molar-refractivity contribution in [2.45, 2.75) is 85.0 Å². The zero-order chi connectivity index (χ0) is 14.4. The minimum absolute atomic E-state index is 1.26. The minimum atomic E-state index is 1.26. The summed E-state index contributed by atoms with van der Waals surface area (Å²) in [5.41, 5.74) is 6.87. The molecule has 1 aliphatic rings. The van der Waals surface area contributed by atoms with Gasteiger partial charge in [-0.3, -0.25) is 0 Å². The number of allylic oxidation sites excluding steroid dienone is 2. The standard InChI is InChI=1S/C19H30S/c1-4-7-10-15-13-16-14-20-18(12-9-6-3)19(16)17(15)11-8-5-2/h14H,4-13H2,1-3H3. The molecule has 2 rings (SSSR count). The highest BCUT2D eigenvalue weighted by atomic mass is 32.1. The van der Waals surface area contributed by atoms with E-state index in [-0.39, 0.29) is 0 Å². The van der Waals surface area contributed by atoms with Crippen molar-refractivity contribution in [1.29, 1.82) is 0 Å². The molecule has 1 heteroatoms. The molecule has 1 aliphatic carbocycles. The first-order valence-electron chi connectivity index (χ1n) is 8.62. The van der Waals surface area contributed by atoms with E-state index in [4.69, 9.17) is 0 Å². The quantitative estimate of drug-likeness (QED) is 0.470. The monoisotopic (exact) mass is 290 g/mol. The van der Waals surface area contributed by atoms with Crippen molar-refractivity contribution in [2.24, 2.45) is 0 Å². The normalized spacial score (nSPS) is 14.2. The van der Waals surface area contributed by atoms with Crippen LogP contribution in [0.1, 0.15) is 88.1 Å². The van der Waals surface area contributed by atoms with E-state index in [0.717, 1.165) is 0 Å². The Morgan fingerprint density at radius 1 is 0.900 bits per heavy atom. The van der Waals surface area contributed by atoms with Crippen LogP contribution in [0.3, 0.4) is 0 Å². The Labute approximate surface area is 129 Å². The Balaban J connectivity index is 2.21. The van der Waals surface area contributed by atoms with Gasteiger partial charge in [0.1, 0.15) is 0 Å². The Morgan fingerprint density at radius 3 is 2.25 bits per heavy atom. The van der Waals surface area contributed by atoms with Crippen molar-refractivity contribution in [1.82, 2.24) is 0 Å². The van der Waals surface area contributed by atoms with Crippen LogP contribution in [0, 0.1) is 0 Å². The van der Waals surface area contributed by atoms with Gasteiger partial charge in [-0.05, 0) is 67.0 Å². The minimum Gasteiger partial charge on any atom is -0.148 e. The van der Waals surface area contributed by atoms with Crippen LogP contribution in [0.25, 0.3) is 5.57 Å². The second-order valence-electron chi connectivity index (χ2n) is 6.13. The zero-order valence-electron chi connectivity index (χ0n) is 13.6. The van der Waals surface area contributed by atoms with Crippen molar-refractivity contribution >= 4 is 16.9 Å². The lowest BCUT2D eigenvalue weighted by atomic mass is 9.97. The number of fused-ring (bicyclic) bond motifs is 1. The summed E-state index contributed by atoms with van der Waals surface area (Å²) in [4.78, 5) is 1.68. The number of aryl methyl sites for hydroxylation is 1. The van der Waals surface area contributed by atoms with Gasteiger partial charge >= 0.3 is 0 Å². The van der Waals surface area contributed by atoms with Crippen LogP contribution in [-0.2, 0) is 12.8 Å². The maximum absolute atomic E-state index is 2.45. The van der Waals surface area contributed by atoms with Gasteiger partial charge in [-0.1, -0.05) is 45.6 Å². The van der Waals surface area contributed by atoms with E-state index in [2.05, 4.69) is 26.2 Å². The van der Waals surface area contributed by atoms with E-state index in [9.17, 15) is 0 Å². The van der Waals surface area contributed by atoms with Crippen LogP contribution < -0.4 is 0 Å². The lowest BCUT2D eigenvalue weighted by Gasteiger charge is -2.10. The molecule has 112 valence electrons. The predicted molar refractivity (Wildman–Crippen MR) is 92.6 cm³/mol. The van der Waals surface area contributed by atoms with Crippen LogP contribution in [0.15, 0.2) is 11.0 Å². The summed E-state index contributed by atoms with van der Waals surface area (Å²) in [6.45, 7) is 6.92. The first-order valence-corrected chi connectivity index (χ1v) is 9.50. The van der Waals surface area contributed by atoms with E-state index < -0.39 is 0 Å². The smallest absolute Gasteiger partial charge is 0.0123 e. The summed E-state index contributed by atoms with van der Waals surface area (Å²) in [6, 6.07) is 0. The topological polar surface area (TPSA) is 0 Å². The van der Waals surface area contributed by atoms with Crippen LogP contribution in [0.2, 0.25) is 0 Å². The highest BCUT2D eigenvalue weighted by Gasteiger charge is 2.24. The summed E-state index contributed by atoms with van der Waals surface area (Å²) in [6.07, 6.45) is 13.2. The Hall–Kier alpha value is -0.560. The number of rotatable bonds is 9. The molecule has 0 nitrogen and oxygen atoms in total. The lowest BCUT2D eigenvalue weighted by Crippen LogP contribution is -1.91. The molecule has 0 N–H and O–H groups in total. The summed E-state index contributed by atoms with van der Waals surface area (Å²) >= 11 is 2.02. The third kappa shape index (κ3) is 3.55. The van der Waals surface area contributed by atoms with Crippen molar-refractivity contribution < 1.29 is 0 Å². The van der Waals surface area contributed by atoms with Gasteiger partial charge in [0.05, 0.1) is 0 Å². The fourth-order valence-corrected chi connectivity index (χ4v) is 4.37. The predicted octanol–water partition coefficient (Wildman–Crippen LogP) is 6.78. The zero-order valence-corrected chi connectivity index (χ0v) is 14.4. The van der Waals surface area contributed by atoms with Crippen LogP contribution in [-0.4, -0.2) is 0 Å². The summed E-state index contributed by atoms with van der Waals surface area (Å²) in [7, 11) is 0. The van der Waals surface area contributed by atoms with Gasteiger partial charge in [-0.2, -0.15) is 0 Å². The molecule has 1 aromatic heterocycles. The highest BCUT2D eigenvalue weighted by molar-refractivity contribution is 7.10. The first kappa shape index (κ1) is 15.8. The van der Waals surface area contributed by atoms with E-state index in [1.807, 2.05) is 11.3 Å². The van der Waals surface area contributed by atoms with Gasteiger partial charge in [0.25, 0.3) is 0 Å². The number of thiophene rings is 1. The average molecular weight is 291 g/mol. The van der Waals surface area contributed by atoms with Crippen molar-refractivity contribution in [3.63, 3.8) is 0 Å². The van der Waals surface area contributed by atoms with Crippen molar-refractivity contribution in [3.8, 4) is 0 Å². The Kier molecular flexibility index (Phi) is 6.35. The summed E-state index contributed by atoms with van der Waals surface area (Å²) < 4.78 is 0. The van der Waals surface area contributed by atoms with Gasteiger partial charge in [0, 0.05) is 4.88 Å². The van der Waals surface area contributed by atoms with E-state index in [0.29, 0.717) is 0 Å². The second-order valence-corrected chi connectivity index (χ2v) is 7.09. The molecule has 0 unspecified atom stereocenters. The van der Waals surface area contributed by atoms with Crippen molar-refractivity contribution in [3.05, 3.63) is 27.0 Å². The van der Waals surface area contributed by atoms with E-state index in [1.165, 1.54) is 64.2 Å². The molecule has 0 saturated heterocycles. The maximum atomic E-state index is 2.45. The molecule has 20 heavy (non-hydrogen) atoms. The molecule has 0 atom stereocenters. The van der Waals surface area contributed by atoms with E-state index in [1.54, 1.807) is 27.2 Å². The number of hydrogen-bond acceptors (Lipinski definition) is 1. The van der Waals surface area contributed by atoms with Crippen LogP contribution in [0.4, 0.5) is 0 Å². The molecular formula is C19H30S. The molecule has 0 radical (unpaired) electrons. The molecule has 1 heterocycles. The Bertz CT molecular complexity index is 450. The largest absolute Gasteiger partial charge is 0.148 e. The summed E-state index contributed by atoms with van der Waals surface area (Å²) in [5, 5.41) is 2.45. The molecule has 0 amide bonds. The maximum Gasteiger partial charge on any atom is 0.0123 e. The third-order valence-electron chi connectivity index (χ3n) is 4.45. The first-order chi connectivity index (χ1) is 9.81. The van der Waals surface area contributed by atoms with E-state index >= 15 is 0 Å². The number of unbranched alkanes of at least 4 members (excludes halogenated alkanes) is 3. The number of hydrogen-bond donors (Lipinski definition) is 0. The lowest BCUT2D eigenvalue weighted by molar-refractivity contribution is 0.768. The van der Waals surface area contributed by atoms with Gasteiger partial charge in [-0.25, -0.2) is 0 Å². The van der Waals surface area contributed by atoms with Crippen LogP contribution >= 0.6 is 11.3 Å². The van der Waals surface area contributed by atoms with Gasteiger partial charge in [0.15, 0.2) is 0 Å². The molecule has 0 bridgehead atoms. The highest BCUT2D eigenvalue weighted by Crippen LogP contribution is 2.43. The molecule has 0 aliphatic heterocycles. The van der Waals surface area contributed by atoms with Gasteiger partial charge in [-0.15, -0.1) is 11.3 Å². The average Bonchev–Trinajstić information content (AvgIpc) is 3.00. The van der Waals surface area contributed by atoms with Crippen LogP contribution in [0.5, 0.6) is 0 Å². The third-order valence-corrected chi connectivity index (χ3v) is 5.54. The van der Waals surface area contributed by atoms with Crippen molar-refractivity contribution in [2.75, 3.05) is 0 Å². The molecule has 0 fully saturated rings. The SMILES string of the molecule is CCCCC1=C(CCCC)c2c(csc2CCCC)C1. The molecule has 0 aromatic carbocycles. The van der Waals surface area contributed by atoms with Gasteiger partial charge in [0.2, 0.25) is 0 Å². The molecule has 1 aromatic rings. The molecular weight excluding hydrogens is 260 g/mol. The fourth-order valence-electron chi connectivity index (χ4n) is 3.25. The molecule has 0 saturated carbocycles. The van der Waals surface area contributed by atoms with Gasteiger partial charge < -0.3 is 0 Å². The second kappa shape index (κ2) is 8.02. The Morgan fingerprint density at radius 2 is 1.55 bits per heavy atom.